The minimum absolute atomic E-state index is 0.00709. The van der Waals surface area contributed by atoms with Crippen molar-refractivity contribution in [1.82, 2.24) is 0 Å². The van der Waals surface area contributed by atoms with Crippen LogP contribution >= 0.6 is 0 Å². The third kappa shape index (κ3) is 4.44. The van der Waals surface area contributed by atoms with Crippen LogP contribution in [0.15, 0.2) is 59.8 Å². The summed E-state index contributed by atoms with van der Waals surface area (Å²) in [5.41, 5.74) is 0.243. The number of esters is 1. The lowest BCUT2D eigenvalue weighted by Gasteiger charge is -2.39. The van der Waals surface area contributed by atoms with E-state index in [1.807, 2.05) is 12.1 Å². The number of anilines is 1. The number of nitriles is 2. The Labute approximate surface area is 188 Å². The van der Waals surface area contributed by atoms with Gasteiger partial charge in [0.15, 0.2) is 0 Å². The maximum Gasteiger partial charge on any atom is 0.416 e. The number of carbonyl (C=O) groups excluding carboxylic acids is 1. The standard InChI is InChI=1S/C24H19F3N4O2/c1-3-33-23(32)20-14(2)31(18-6-4-5-17(11-18)24(25,26)27)22(30)19(13-29)21(20)16-9-7-15(12-28)8-10-16/h4-11,19,21,30H,3H2,1-2H3. The molecule has 0 amide bonds. The van der Waals surface area contributed by atoms with Gasteiger partial charge in [-0.25, -0.2) is 4.79 Å². The van der Waals surface area contributed by atoms with Gasteiger partial charge in [0.2, 0.25) is 0 Å². The molecular formula is C24H19F3N4O2. The Bertz CT molecular complexity index is 1200. The minimum Gasteiger partial charge on any atom is -0.463 e. The van der Waals surface area contributed by atoms with Gasteiger partial charge < -0.3 is 9.64 Å². The van der Waals surface area contributed by atoms with Crippen molar-refractivity contribution in [3.05, 3.63) is 76.5 Å². The molecule has 168 valence electrons. The first-order valence-electron chi connectivity index (χ1n) is 9.97. The number of hydrogen-bond acceptors (Lipinski definition) is 5. The molecule has 0 saturated heterocycles. The first-order valence-corrected chi connectivity index (χ1v) is 9.97. The van der Waals surface area contributed by atoms with Gasteiger partial charge in [-0.3, -0.25) is 5.41 Å². The van der Waals surface area contributed by atoms with Crippen LogP contribution in [-0.4, -0.2) is 18.4 Å². The van der Waals surface area contributed by atoms with Crippen molar-refractivity contribution in [3.63, 3.8) is 0 Å². The number of benzene rings is 2. The highest BCUT2D eigenvalue weighted by Gasteiger charge is 2.44. The second kappa shape index (κ2) is 9.17. The number of nitrogens with one attached hydrogen (secondary N) is 1. The molecule has 2 aromatic carbocycles. The van der Waals surface area contributed by atoms with Gasteiger partial charge in [-0.15, -0.1) is 0 Å². The van der Waals surface area contributed by atoms with Crippen LogP contribution in [0.5, 0.6) is 0 Å². The molecule has 2 atom stereocenters. The van der Waals surface area contributed by atoms with Crippen LogP contribution in [0.3, 0.4) is 0 Å². The van der Waals surface area contributed by atoms with E-state index in [-0.39, 0.29) is 29.4 Å². The number of rotatable bonds is 4. The van der Waals surface area contributed by atoms with Crippen molar-refractivity contribution in [3.8, 4) is 12.1 Å². The van der Waals surface area contributed by atoms with E-state index in [1.54, 1.807) is 19.1 Å². The van der Waals surface area contributed by atoms with Gasteiger partial charge in [-0.2, -0.15) is 23.7 Å². The summed E-state index contributed by atoms with van der Waals surface area (Å²) in [4.78, 5) is 14.1. The molecule has 33 heavy (non-hydrogen) atoms. The summed E-state index contributed by atoms with van der Waals surface area (Å²) >= 11 is 0. The molecule has 6 nitrogen and oxygen atoms in total. The molecule has 0 aromatic heterocycles. The van der Waals surface area contributed by atoms with E-state index in [4.69, 9.17) is 15.4 Å². The van der Waals surface area contributed by atoms with Crippen LogP contribution in [-0.2, 0) is 15.7 Å². The van der Waals surface area contributed by atoms with Gasteiger partial charge >= 0.3 is 12.1 Å². The molecular weight excluding hydrogens is 433 g/mol. The van der Waals surface area contributed by atoms with E-state index in [0.717, 1.165) is 12.1 Å². The van der Waals surface area contributed by atoms with Gasteiger partial charge in [0.1, 0.15) is 11.8 Å². The highest BCUT2D eigenvalue weighted by Crippen LogP contribution is 2.43. The highest BCUT2D eigenvalue weighted by atomic mass is 19.4. The molecule has 3 rings (SSSR count). The fourth-order valence-corrected chi connectivity index (χ4v) is 3.89. The topological polar surface area (TPSA) is 101 Å². The number of ether oxygens (including phenoxy) is 1. The Morgan fingerprint density at radius 3 is 2.39 bits per heavy atom. The monoisotopic (exact) mass is 452 g/mol. The van der Waals surface area contributed by atoms with E-state index in [0.29, 0.717) is 11.1 Å². The van der Waals surface area contributed by atoms with Gasteiger partial charge in [0.25, 0.3) is 0 Å². The molecule has 2 unspecified atom stereocenters. The van der Waals surface area contributed by atoms with Crippen molar-refractivity contribution < 1.29 is 22.7 Å². The first kappa shape index (κ1) is 23.6. The maximum atomic E-state index is 13.3. The normalized spacial score (nSPS) is 18.5. The van der Waals surface area contributed by atoms with Crippen molar-refractivity contribution in [1.29, 1.82) is 15.9 Å². The van der Waals surface area contributed by atoms with Gasteiger partial charge in [0.05, 0.1) is 35.4 Å². The molecule has 1 aliphatic rings. The molecule has 0 aliphatic carbocycles. The Kier molecular flexibility index (Phi) is 6.55. The Hall–Kier alpha value is -4.11. The average Bonchev–Trinajstić information content (AvgIpc) is 2.78. The van der Waals surface area contributed by atoms with Crippen LogP contribution in [0.25, 0.3) is 0 Å². The maximum absolute atomic E-state index is 13.3. The summed E-state index contributed by atoms with van der Waals surface area (Å²) in [5.74, 6) is -3.07. The number of halogens is 3. The van der Waals surface area contributed by atoms with Crippen LogP contribution in [0.4, 0.5) is 18.9 Å². The Morgan fingerprint density at radius 1 is 1.18 bits per heavy atom. The molecule has 1 aliphatic heterocycles. The van der Waals surface area contributed by atoms with Crippen LogP contribution < -0.4 is 4.90 Å². The number of nitrogens with zero attached hydrogens (tertiary/aromatic N) is 3. The zero-order valence-electron chi connectivity index (χ0n) is 17.8. The highest BCUT2D eigenvalue weighted by molar-refractivity contribution is 6.08. The van der Waals surface area contributed by atoms with Crippen molar-refractivity contribution >= 4 is 17.5 Å². The molecule has 2 aromatic rings. The number of amidine groups is 1. The van der Waals surface area contributed by atoms with Crippen molar-refractivity contribution in [2.24, 2.45) is 5.92 Å². The SMILES string of the molecule is CCOC(=O)C1=C(C)N(c2cccc(C(F)(F)F)c2)C(=N)C(C#N)C1c1ccc(C#N)cc1. The number of allylic oxidation sites excluding steroid dienone is 1. The number of carbonyl (C=O) groups is 1. The summed E-state index contributed by atoms with van der Waals surface area (Å²) in [6.45, 7) is 3.17. The van der Waals surface area contributed by atoms with Crippen molar-refractivity contribution in [2.45, 2.75) is 25.9 Å². The summed E-state index contributed by atoms with van der Waals surface area (Å²) < 4.78 is 45.1. The molecule has 1 N–H and O–H groups in total. The fraction of sp³-hybridized carbons (Fsp3) is 0.250. The van der Waals surface area contributed by atoms with Gasteiger partial charge in [-0.05, 0) is 49.7 Å². The molecule has 0 spiro atoms. The third-order valence-corrected chi connectivity index (χ3v) is 5.37. The second-order valence-electron chi connectivity index (χ2n) is 7.31. The number of alkyl halides is 3. The summed E-state index contributed by atoms with van der Waals surface area (Å²) in [5, 5.41) is 27.7. The van der Waals surface area contributed by atoms with Gasteiger partial charge in [0, 0.05) is 17.3 Å². The molecule has 0 fully saturated rings. The van der Waals surface area contributed by atoms with Crippen molar-refractivity contribution in [2.75, 3.05) is 11.5 Å². The average molecular weight is 452 g/mol. The lowest BCUT2D eigenvalue weighted by atomic mass is 9.76. The van der Waals surface area contributed by atoms with E-state index in [1.165, 1.54) is 36.1 Å². The minimum atomic E-state index is -4.60. The fourth-order valence-electron chi connectivity index (χ4n) is 3.89. The zero-order valence-corrected chi connectivity index (χ0v) is 17.8. The van der Waals surface area contributed by atoms with E-state index in [2.05, 4.69) is 0 Å². The lowest BCUT2D eigenvalue weighted by molar-refractivity contribution is -0.139. The quantitative estimate of drug-likeness (QED) is 0.648. The predicted molar refractivity (Wildman–Crippen MR) is 114 cm³/mol. The summed E-state index contributed by atoms with van der Waals surface area (Å²) in [7, 11) is 0. The Morgan fingerprint density at radius 2 is 1.85 bits per heavy atom. The predicted octanol–water partition coefficient (Wildman–Crippen LogP) is 5.14. The summed E-state index contributed by atoms with van der Waals surface area (Å²) in [6.07, 6.45) is -4.60. The smallest absolute Gasteiger partial charge is 0.416 e. The molecule has 1 heterocycles. The summed E-state index contributed by atoms with van der Waals surface area (Å²) in [6, 6.07) is 14.6. The third-order valence-electron chi connectivity index (χ3n) is 5.37. The Balaban J connectivity index is 2.25. The largest absolute Gasteiger partial charge is 0.463 e. The first-order chi connectivity index (χ1) is 15.6. The second-order valence-corrected chi connectivity index (χ2v) is 7.31. The van der Waals surface area contributed by atoms with Crippen LogP contribution in [0.1, 0.15) is 36.5 Å². The molecule has 9 heteroatoms. The molecule has 0 radical (unpaired) electrons. The lowest BCUT2D eigenvalue weighted by Crippen LogP contribution is -2.44. The van der Waals surface area contributed by atoms with Crippen LogP contribution in [0, 0.1) is 34.0 Å². The van der Waals surface area contributed by atoms with E-state index >= 15 is 0 Å². The van der Waals surface area contributed by atoms with E-state index < -0.39 is 29.5 Å². The zero-order chi connectivity index (χ0) is 24.3. The number of hydrogen-bond donors (Lipinski definition) is 1. The van der Waals surface area contributed by atoms with E-state index in [9.17, 15) is 23.2 Å². The van der Waals surface area contributed by atoms with Gasteiger partial charge in [-0.1, -0.05) is 18.2 Å². The molecule has 0 bridgehead atoms. The van der Waals surface area contributed by atoms with Crippen LogP contribution in [0.2, 0.25) is 0 Å². The molecule has 0 saturated carbocycles.